The molecule has 0 saturated carbocycles. The normalized spacial score (nSPS) is 21.0. The van der Waals surface area contributed by atoms with E-state index in [9.17, 15) is 9.59 Å². The lowest BCUT2D eigenvalue weighted by Gasteiger charge is -2.29. The van der Waals surface area contributed by atoms with E-state index < -0.39 is 0 Å². The van der Waals surface area contributed by atoms with Gasteiger partial charge >= 0.3 is 0 Å². The van der Waals surface area contributed by atoms with Crippen LogP contribution in [0.25, 0.3) is 0 Å². The maximum Gasteiger partial charge on any atom is 0.279 e. The number of anilines is 1. The molecule has 6 nitrogen and oxygen atoms in total. The molecule has 1 saturated heterocycles. The summed E-state index contributed by atoms with van der Waals surface area (Å²) in [4.78, 5) is 26.8. The third kappa shape index (κ3) is 6.94. The second kappa shape index (κ2) is 10.5. The maximum absolute atomic E-state index is 12.2. The van der Waals surface area contributed by atoms with Crippen LogP contribution in [0.4, 0.5) is 5.69 Å². The number of carbonyl (C=O) groups is 2. The molecule has 7 heteroatoms. The highest BCUT2D eigenvalue weighted by molar-refractivity contribution is 6.33. The molecule has 0 spiro atoms. The van der Waals surface area contributed by atoms with E-state index in [0.717, 1.165) is 39.0 Å². The summed E-state index contributed by atoms with van der Waals surface area (Å²) >= 11 is 6.07. The molecule has 0 aliphatic carbocycles. The van der Waals surface area contributed by atoms with Gasteiger partial charge in [-0.25, -0.2) is 0 Å². The fourth-order valence-electron chi connectivity index (χ4n) is 3.35. The van der Waals surface area contributed by atoms with Crippen molar-refractivity contribution in [1.29, 1.82) is 0 Å². The zero-order chi connectivity index (χ0) is 18.9. The van der Waals surface area contributed by atoms with Crippen LogP contribution in [-0.4, -0.2) is 57.1 Å². The van der Waals surface area contributed by atoms with Crippen molar-refractivity contribution in [2.24, 2.45) is 0 Å². The first-order valence-corrected chi connectivity index (χ1v) is 9.86. The molecule has 1 atom stereocenters. The Labute approximate surface area is 160 Å². The van der Waals surface area contributed by atoms with Crippen LogP contribution in [0.2, 0.25) is 5.02 Å². The molecule has 4 N–H and O–H groups in total. The van der Waals surface area contributed by atoms with Gasteiger partial charge in [-0.1, -0.05) is 37.1 Å². The van der Waals surface area contributed by atoms with Gasteiger partial charge in [0.25, 0.3) is 11.8 Å². The molecule has 144 valence electrons. The first kappa shape index (κ1) is 20.7. The topological polar surface area (TPSA) is 67.1 Å². The van der Waals surface area contributed by atoms with Gasteiger partial charge in [-0.3, -0.25) is 9.59 Å². The van der Waals surface area contributed by atoms with Crippen molar-refractivity contribution < 1.29 is 19.4 Å². The number of hydrogen-bond donors (Lipinski definition) is 4. The van der Waals surface area contributed by atoms with Crippen LogP contribution in [0.1, 0.15) is 26.7 Å². The fraction of sp³-hybridized carbons (Fsp3) is 0.579. The predicted molar refractivity (Wildman–Crippen MR) is 104 cm³/mol. The van der Waals surface area contributed by atoms with E-state index in [1.165, 1.54) is 9.80 Å². The number of para-hydroxylation sites is 1. The van der Waals surface area contributed by atoms with Crippen molar-refractivity contribution in [2.45, 2.75) is 32.7 Å². The molecule has 2 rings (SSSR count). The number of hydrogen-bond acceptors (Lipinski definition) is 2. The van der Waals surface area contributed by atoms with E-state index in [1.807, 2.05) is 12.1 Å². The number of amides is 2. The lowest BCUT2D eigenvalue weighted by Crippen LogP contribution is -3.28. The molecule has 0 aromatic heterocycles. The maximum atomic E-state index is 12.2. The number of rotatable bonds is 8. The summed E-state index contributed by atoms with van der Waals surface area (Å²) in [6.45, 7) is 8.72. The van der Waals surface area contributed by atoms with Crippen molar-refractivity contribution in [2.75, 3.05) is 44.6 Å². The van der Waals surface area contributed by atoms with E-state index in [4.69, 9.17) is 11.6 Å². The summed E-state index contributed by atoms with van der Waals surface area (Å²) in [6, 6.07) is 7.49. The van der Waals surface area contributed by atoms with Crippen LogP contribution in [0.15, 0.2) is 24.3 Å². The Kier molecular flexibility index (Phi) is 8.35. The quantitative estimate of drug-likeness (QED) is 0.483. The zero-order valence-corrected chi connectivity index (χ0v) is 16.5. The lowest BCUT2D eigenvalue weighted by atomic mass is 10.2. The Morgan fingerprint density at radius 3 is 2.23 bits per heavy atom. The van der Waals surface area contributed by atoms with Crippen LogP contribution >= 0.6 is 11.6 Å². The smallest absolute Gasteiger partial charge is 0.279 e. The molecule has 1 aliphatic heterocycles. The second-order valence-electron chi connectivity index (χ2n) is 7.14. The van der Waals surface area contributed by atoms with E-state index in [0.29, 0.717) is 23.8 Å². The summed E-state index contributed by atoms with van der Waals surface area (Å²) < 4.78 is 0. The van der Waals surface area contributed by atoms with Crippen LogP contribution in [0, 0.1) is 0 Å². The lowest BCUT2D eigenvalue weighted by molar-refractivity contribution is -1.00. The molecular formula is C19H31ClN4O2+2. The van der Waals surface area contributed by atoms with Gasteiger partial charge in [-0.2, -0.15) is 0 Å². The molecule has 1 aromatic carbocycles. The van der Waals surface area contributed by atoms with Gasteiger partial charge < -0.3 is 20.4 Å². The van der Waals surface area contributed by atoms with Gasteiger partial charge in [0, 0.05) is 6.04 Å². The van der Waals surface area contributed by atoms with Crippen LogP contribution < -0.4 is 20.4 Å². The first-order valence-electron chi connectivity index (χ1n) is 9.48. The highest BCUT2D eigenvalue weighted by Gasteiger charge is 2.26. The van der Waals surface area contributed by atoms with Crippen LogP contribution in [0.5, 0.6) is 0 Å². The molecular weight excluding hydrogens is 352 g/mol. The summed E-state index contributed by atoms with van der Waals surface area (Å²) in [7, 11) is 0. The molecule has 26 heavy (non-hydrogen) atoms. The minimum Gasteiger partial charge on any atom is -0.349 e. The molecule has 1 aliphatic rings. The minimum absolute atomic E-state index is 0.0253. The Bertz CT molecular complexity index is 603. The monoisotopic (exact) mass is 382 g/mol. The molecule has 1 heterocycles. The van der Waals surface area contributed by atoms with Crippen LogP contribution in [-0.2, 0) is 9.59 Å². The number of carbonyl (C=O) groups excluding carboxylic acids is 2. The highest BCUT2D eigenvalue weighted by Crippen LogP contribution is 2.19. The summed E-state index contributed by atoms with van der Waals surface area (Å²) in [5, 5.41) is 6.48. The molecule has 1 aromatic rings. The average Bonchev–Trinajstić information content (AvgIpc) is 2.59. The summed E-state index contributed by atoms with van der Waals surface area (Å²) in [5.41, 5.74) is 0.653. The number of quaternary nitrogens is 2. The van der Waals surface area contributed by atoms with Crippen molar-refractivity contribution in [3.63, 3.8) is 0 Å². The molecule has 2 amide bonds. The van der Waals surface area contributed by atoms with Gasteiger partial charge in [0.1, 0.15) is 26.2 Å². The van der Waals surface area contributed by atoms with E-state index in [1.54, 1.807) is 12.1 Å². The molecule has 0 bridgehead atoms. The largest absolute Gasteiger partial charge is 0.349 e. The van der Waals surface area contributed by atoms with Gasteiger partial charge in [0.15, 0.2) is 13.1 Å². The predicted octanol–water partition coefficient (Wildman–Crippen LogP) is -0.633. The highest BCUT2D eigenvalue weighted by atomic mass is 35.5. The number of halogens is 1. The van der Waals surface area contributed by atoms with E-state index in [-0.39, 0.29) is 17.9 Å². The average molecular weight is 383 g/mol. The SMILES string of the molecule is CCC[C@H](C)NC(=O)C[NH+]1CC[NH+](CC(=O)Nc2ccccc2Cl)CC1. The minimum atomic E-state index is -0.0253. The summed E-state index contributed by atoms with van der Waals surface area (Å²) in [5.74, 6) is 0.101. The fourth-order valence-corrected chi connectivity index (χ4v) is 3.54. The Hall–Kier alpha value is -1.63. The molecule has 0 radical (unpaired) electrons. The number of benzene rings is 1. The van der Waals surface area contributed by atoms with Gasteiger partial charge in [-0.15, -0.1) is 0 Å². The first-order chi connectivity index (χ1) is 12.5. The van der Waals surface area contributed by atoms with Crippen molar-refractivity contribution in [3.8, 4) is 0 Å². The van der Waals surface area contributed by atoms with Gasteiger partial charge in [-0.05, 0) is 25.5 Å². The third-order valence-corrected chi connectivity index (χ3v) is 5.09. The Balaban J connectivity index is 1.69. The molecule has 1 fully saturated rings. The number of nitrogens with one attached hydrogen (secondary N) is 4. The van der Waals surface area contributed by atoms with Gasteiger partial charge in [0.2, 0.25) is 0 Å². The Morgan fingerprint density at radius 1 is 1.08 bits per heavy atom. The standard InChI is InChI=1S/C19H29ClN4O2/c1-3-6-15(2)21-18(25)13-23-9-11-24(12-10-23)14-19(26)22-17-8-5-4-7-16(17)20/h4-5,7-8,15H,3,6,9-14H2,1-2H3,(H,21,25)(H,22,26)/p+2/t15-/m0/s1. The van der Waals surface area contributed by atoms with E-state index in [2.05, 4.69) is 24.5 Å². The van der Waals surface area contributed by atoms with Crippen molar-refractivity contribution >= 4 is 29.1 Å². The zero-order valence-electron chi connectivity index (χ0n) is 15.7. The Morgan fingerprint density at radius 2 is 1.65 bits per heavy atom. The molecule has 0 unspecified atom stereocenters. The van der Waals surface area contributed by atoms with Gasteiger partial charge in [0.05, 0.1) is 10.7 Å². The number of piperazine rings is 1. The van der Waals surface area contributed by atoms with Crippen molar-refractivity contribution in [3.05, 3.63) is 29.3 Å². The second-order valence-corrected chi connectivity index (χ2v) is 7.55. The van der Waals surface area contributed by atoms with E-state index >= 15 is 0 Å². The van der Waals surface area contributed by atoms with Crippen LogP contribution in [0.3, 0.4) is 0 Å². The summed E-state index contributed by atoms with van der Waals surface area (Å²) in [6.07, 6.45) is 2.09. The third-order valence-electron chi connectivity index (χ3n) is 4.76. The van der Waals surface area contributed by atoms with Crippen molar-refractivity contribution in [1.82, 2.24) is 5.32 Å².